The van der Waals surface area contributed by atoms with Crippen LogP contribution in [0.2, 0.25) is 0 Å². The van der Waals surface area contributed by atoms with Crippen molar-refractivity contribution in [2.24, 2.45) is 5.73 Å². The Morgan fingerprint density at radius 3 is 2.24 bits per heavy atom. The fourth-order valence-electron chi connectivity index (χ4n) is 1.04. The zero-order valence-electron chi connectivity index (χ0n) is 9.15. The molecule has 11 heteroatoms. The van der Waals surface area contributed by atoms with Gasteiger partial charge in [-0.1, -0.05) is 15.9 Å². The van der Waals surface area contributed by atoms with Crippen LogP contribution in [0.4, 0.5) is 0 Å². The van der Waals surface area contributed by atoms with Crippen molar-refractivity contribution >= 4 is 31.6 Å². The topological polar surface area (TPSA) is 139 Å². The van der Waals surface area contributed by atoms with Crippen molar-refractivity contribution in [3.8, 4) is 0 Å². The fraction of sp³-hybridized carbons (Fsp3) is 1.00. The molecule has 0 fully saturated rings. The maximum atomic E-state index is 11.3. The van der Waals surface area contributed by atoms with Gasteiger partial charge in [0.2, 0.25) is 0 Å². The highest BCUT2D eigenvalue weighted by atomic mass is 79.9. The summed E-state index contributed by atoms with van der Waals surface area (Å²) >= 11 is 3.09. The minimum atomic E-state index is -5.09. The first kappa shape index (κ1) is 17.7. The van der Waals surface area contributed by atoms with Gasteiger partial charge in [-0.15, -0.1) is 0 Å². The first-order valence-electron chi connectivity index (χ1n) is 4.60. The van der Waals surface area contributed by atoms with E-state index >= 15 is 0 Å². The molecule has 8 nitrogen and oxygen atoms in total. The largest absolute Gasteiger partial charge is 0.481 e. The zero-order chi connectivity index (χ0) is 13.7. The summed E-state index contributed by atoms with van der Waals surface area (Å²) in [7, 11) is -9.91. The summed E-state index contributed by atoms with van der Waals surface area (Å²) in [5, 5.41) is 0.190. The Hall–Kier alpha value is 0.700. The van der Waals surface area contributed by atoms with E-state index in [2.05, 4.69) is 20.2 Å². The number of hydrogen-bond acceptors (Lipinski definition) is 5. The molecule has 104 valence electrons. The summed E-state index contributed by atoms with van der Waals surface area (Å²) < 4.78 is 30.3. The fourth-order valence-corrected chi connectivity index (χ4v) is 3.54. The van der Waals surface area contributed by atoms with Crippen molar-refractivity contribution < 1.29 is 32.6 Å². The Kier molecular flexibility index (Phi) is 7.02. The highest BCUT2D eigenvalue weighted by molar-refractivity contribution is 9.09. The Morgan fingerprint density at radius 2 is 1.88 bits per heavy atom. The quantitative estimate of drug-likeness (QED) is 0.375. The molecule has 0 aromatic heterocycles. The van der Waals surface area contributed by atoms with Gasteiger partial charge in [0.15, 0.2) is 0 Å². The Bertz CT molecular complexity index is 334. The molecule has 0 saturated heterocycles. The molecule has 0 saturated carbocycles. The number of alkyl halides is 1. The Morgan fingerprint density at radius 1 is 1.35 bits per heavy atom. The van der Waals surface area contributed by atoms with Crippen LogP contribution in [0.5, 0.6) is 0 Å². The Labute approximate surface area is 107 Å². The van der Waals surface area contributed by atoms with E-state index in [4.69, 9.17) is 20.0 Å². The Balaban J connectivity index is 4.65. The van der Waals surface area contributed by atoms with Crippen LogP contribution in [-0.4, -0.2) is 32.2 Å². The number of phosphoric acid groups is 2. The van der Waals surface area contributed by atoms with Gasteiger partial charge in [0.05, 0.1) is 5.60 Å². The molecule has 0 aromatic rings. The average Bonchev–Trinajstić information content (AvgIpc) is 2.10. The molecule has 0 aliphatic carbocycles. The summed E-state index contributed by atoms with van der Waals surface area (Å²) in [5.41, 5.74) is 4.20. The molecule has 2 unspecified atom stereocenters. The van der Waals surface area contributed by atoms with Gasteiger partial charge in [-0.3, -0.25) is 4.52 Å². The molecule has 2 atom stereocenters. The van der Waals surface area contributed by atoms with E-state index in [9.17, 15) is 14.0 Å². The molecule has 0 aromatic carbocycles. The molecule has 0 heterocycles. The van der Waals surface area contributed by atoms with E-state index in [0.29, 0.717) is 19.4 Å². The first-order valence-corrected chi connectivity index (χ1v) is 8.75. The first-order chi connectivity index (χ1) is 7.54. The lowest BCUT2D eigenvalue weighted by Crippen LogP contribution is -2.30. The van der Waals surface area contributed by atoms with E-state index in [1.54, 1.807) is 0 Å². The highest BCUT2D eigenvalue weighted by Gasteiger charge is 2.39. The molecule has 0 amide bonds. The van der Waals surface area contributed by atoms with Crippen LogP contribution in [0.1, 0.15) is 19.8 Å². The summed E-state index contributed by atoms with van der Waals surface area (Å²) in [6.07, 6.45) is 0.863. The van der Waals surface area contributed by atoms with E-state index in [-0.39, 0.29) is 5.33 Å². The lowest BCUT2D eigenvalue weighted by atomic mass is 10.0. The number of halogens is 1. The molecule has 17 heavy (non-hydrogen) atoms. The third kappa shape index (κ3) is 8.42. The van der Waals surface area contributed by atoms with Crippen LogP contribution in [0.3, 0.4) is 0 Å². The smallest absolute Gasteiger partial charge is 0.330 e. The van der Waals surface area contributed by atoms with E-state index in [1.165, 1.54) is 6.92 Å². The number of rotatable bonds is 8. The summed E-state index contributed by atoms with van der Waals surface area (Å²) in [6.45, 7) is 1.87. The lowest BCUT2D eigenvalue weighted by Gasteiger charge is -2.29. The van der Waals surface area contributed by atoms with Gasteiger partial charge in [0.25, 0.3) is 0 Å². The normalized spacial score (nSPS) is 19.6. The van der Waals surface area contributed by atoms with Crippen LogP contribution >= 0.6 is 31.6 Å². The molecule has 0 aliphatic rings. The lowest BCUT2D eigenvalue weighted by molar-refractivity contribution is 0.0605. The second-order valence-corrected chi connectivity index (χ2v) is 6.92. The van der Waals surface area contributed by atoms with Crippen LogP contribution in [0.15, 0.2) is 0 Å². The summed E-state index contributed by atoms with van der Waals surface area (Å²) in [5.74, 6) is 0. The predicted octanol–water partition coefficient (Wildman–Crippen LogP) is 1.11. The number of nitrogens with two attached hydrogens (primary N) is 1. The van der Waals surface area contributed by atoms with Crippen molar-refractivity contribution in [2.75, 3.05) is 11.9 Å². The van der Waals surface area contributed by atoms with Gasteiger partial charge in [-0.05, 0) is 26.3 Å². The van der Waals surface area contributed by atoms with Crippen LogP contribution in [0, 0.1) is 0 Å². The van der Waals surface area contributed by atoms with Crippen molar-refractivity contribution in [3.05, 3.63) is 0 Å². The molecule has 0 aliphatic heterocycles. The van der Waals surface area contributed by atoms with Gasteiger partial charge >= 0.3 is 15.6 Å². The molecule has 0 bridgehead atoms. The van der Waals surface area contributed by atoms with Gasteiger partial charge in [0, 0.05) is 5.33 Å². The van der Waals surface area contributed by atoms with E-state index in [1.807, 2.05) is 0 Å². The zero-order valence-corrected chi connectivity index (χ0v) is 12.5. The number of hydrogen-bond donors (Lipinski definition) is 4. The second kappa shape index (κ2) is 6.75. The van der Waals surface area contributed by atoms with Gasteiger partial charge in [-0.2, -0.15) is 4.31 Å². The predicted molar refractivity (Wildman–Crippen MR) is 64.5 cm³/mol. The molecular formula is C6H16BrNO7P2. The molecule has 0 spiro atoms. The molecule has 0 radical (unpaired) electrons. The van der Waals surface area contributed by atoms with Gasteiger partial charge < -0.3 is 20.4 Å². The van der Waals surface area contributed by atoms with Crippen molar-refractivity contribution in [3.63, 3.8) is 0 Å². The SMILES string of the molecule is CC(CBr)(CCCN)OP(=O)(O)OP(=O)(O)O. The third-order valence-electron chi connectivity index (χ3n) is 1.74. The summed E-state index contributed by atoms with van der Waals surface area (Å²) in [6, 6.07) is 0. The maximum Gasteiger partial charge on any atom is 0.481 e. The molecule has 0 rings (SSSR count). The third-order valence-corrected chi connectivity index (χ3v) is 5.27. The van der Waals surface area contributed by atoms with Crippen LogP contribution < -0.4 is 5.73 Å². The highest BCUT2D eigenvalue weighted by Crippen LogP contribution is 2.59. The van der Waals surface area contributed by atoms with Gasteiger partial charge in [0.1, 0.15) is 0 Å². The molecule has 5 N–H and O–H groups in total. The van der Waals surface area contributed by atoms with Crippen molar-refractivity contribution in [1.82, 2.24) is 0 Å². The second-order valence-electron chi connectivity index (χ2n) is 3.61. The van der Waals surface area contributed by atoms with Crippen LogP contribution in [0.25, 0.3) is 0 Å². The van der Waals surface area contributed by atoms with Crippen molar-refractivity contribution in [2.45, 2.75) is 25.4 Å². The monoisotopic (exact) mass is 355 g/mol. The minimum Gasteiger partial charge on any atom is -0.330 e. The van der Waals surface area contributed by atoms with E-state index < -0.39 is 21.2 Å². The average molecular weight is 356 g/mol. The van der Waals surface area contributed by atoms with Crippen molar-refractivity contribution in [1.29, 1.82) is 0 Å². The number of phosphoric ester groups is 1. The minimum absolute atomic E-state index is 0.190. The maximum absolute atomic E-state index is 11.3. The van der Waals surface area contributed by atoms with Crippen LogP contribution in [-0.2, 0) is 18.0 Å². The molecular weight excluding hydrogens is 340 g/mol. The summed E-state index contributed by atoms with van der Waals surface area (Å²) in [4.78, 5) is 26.1. The van der Waals surface area contributed by atoms with E-state index in [0.717, 1.165) is 0 Å². The standard InChI is InChI=1S/C6H16BrNO7P2/c1-6(5-7,3-2-4-8)14-17(12,13)15-16(9,10)11/h2-5,8H2,1H3,(H,12,13)(H2,9,10,11). The van der Waals surface area contributed by atoms with Gasteiger partial charge in [-0.25, -0.2) is 9.13 Å².